The fourth-order valence-electron chi connectivity index (χ4n) is 4.11. The topological polar surface area (TPSA) is 75.3 Å². The first-order valence-electron chi connectivity index (χ1n) is 10.9. The molecule has 1 amide bonds. The highest BCUT2D eigenvalue weighted by Crippen LogP contribution is 2.39. The maximum absolute atomic E-state index is 12.2. The summed E-state index contributed by atoms with van der Waals surface area (Å²) in [5, 5.41) is 2.94. The monoisotopic (exact) mass is 422 g/mol. The van der Waals surface area contributed by atoms with Crippen molar-refractivity contribution < 1.29 is 13.2 Å². The van der Waals surface area contributed by atoms with E-state index < -0.39 is 14.8 Å². The number of rotatable bonds is 8. The third-order valence-electron chi connectivity index (χ3n) is 5.77. The van der Waals surface area contributed by atoms with Gasteiger partial charge >= 0.3 is 0 Å². The summed E-state index contributed by atoms with van der Waals surface area (Å²) in [5.74, 6) is 2.14. The van der Waals surface area contributed by atoms with Gasteiger partial charge in [-0.2, -0.15) is 0 Å². The molecule has 1 aliphatic rings. The fourth-order valence-corrected chi connectivity index (χ4v) is 4.96. The number of hydrogen-bond donors (Lipinski definition) is 2. The Bertz CT molecular complexity index is 756. The zero-order valence-corrected chi connectivity index (χ0v) is 19.4. The summed E-state index contributed by atoms with van der Waals surface area (Å²) in [6, 6.07) is 8.28. The Kier molecular flexibility index (Phi) is 8.29. The molecule has 0 aliphatic heterocycles. The summed E-state index contributed by atoms with van der Waals surface area (Å²) in [7, 11) is -3.32. The molecule has 0 spiro atoms. The van der Waals surface area contributed by atoms with Gasteiger partial charge in [0.15, 0.2) is 0 Å². The van der Waals surface area contributed by atoms with Gasteiger partial charge in [0.25, 0.3) is 0 Å². The van der Waals surface area contributed by atoms with Gasteiger partial charge < -0.3 is 5.32 Å². The molecule has 1 aliphatic carbocycles. The largest absolute Gasteiger partial charge is 0.326 e. The van der Waals surface area contributed by atoms with E-state index in [1.165, 1.54) is 24.8 Å². The Labute approximate surface area is 177 Å². The van der Waals surface area contributed by atoms with Gasteiger partial charge in [0, 0.05) is 18.7 Å². The Morgan fingerprint density at radius 3 is 2.14 bits per heavy atom. The molecule has 0 saturated heterocycles. The van der Waals surface area contributed by atoms with Gasteiger partial charge in [-0.15, -0.1) is 0 Å². The normalized spacial score (nSPS) is 23.0. The van der Waals surface area contributed by atoms with Crippen LogP contribution in [0.25, 0.3) is 0 Å². The number of amides is 1. The van der Waals surface area contributed by atoms with E-state index in [1.54, 1.807) is 20.8 Å². The number of unbranched alkanes of at least 4 members (excludes halogenated alkanes) is 1. The summed E-state index contributed by atoms with van der Waals surface area (Å²) in [6.07, 6.45) is 5.48. The van der Waals surface area contributed by atoms with E-state index in [1.807, 2.05) is 12.1 Å². The van der Waals surface area contributed by atoms with Gasteiger partial charge in [-0.3, -0.25) is 4.79 Å². The average molecular weight is 423 g/mol. The minimum absolute atomic E-state index is 0.0312. The Balaban J connectivity index is 1.73. The molecule has 6 heteroatoms. The van der Waals surface area contributed by atoms with Crippen molar-refractivity contribution in [3.8, 4) is 0 Å². The van der Waals surface area contributed by atoms with Crippen LogP contribution in [-0.4, -0.2) is 25.6 Å². The smallest absolute Gasteiger partial charge is 0.224 e. The zero-order chi connectivity index (χ0) is 21.7. The van der Waals surface area contributed by atoms with Crippen LogP contribution in [0.2, 0.25) is 0 Å². The molecule has 29 heavy (non-hydrogen) atoms. The summed E-state index contributed by atoms with van der Waals surface area (Å²) >= 11 is 0. The highest BCUT2D eigenvalue weighted by Gasteiger charge is 2.28. The van der Waals surface area contributed by atoms with E-state index in [2.05, 4.69) is 36.0 Å². The molecule has 0 heterocycles. The molecule has 5 nitrogen and oxygen atoms in total. The van der Waals surface area contributed by atoms with Crippen molar-refractivity contribution in [2.24, 2.45) is 11.8 Å². The lowest BCUT2D eigenvalue weighted by Gasteiger charge is -2.31. The molecule has 1 aromatic rings. The van der Waals surface area contributed by atoms with Crippen LogP contribution in [0.15, 0.2) is 24.3 Å². The molecular weight excluding hydrogens is 384 g/mol. The van der Waals surface area contributed by atoms with Crippen LogP contribution < -0.4 is 10.0 Å². The van der Waals surface area contributed by atoms with E-state index in [0.717, 1.165) is 17.5 Å². The molecule has 2 rings (SSSR count). The fraction of sp³-hybridized carbons (Fsp3) is 0.696. The third kappa shape index (κ3) is 7.41. The van der Waals surface area contributed by atoms with Crippen molar-refractivity contribution in [2.75, 3.05) is 11.9 Å². The van der Waals surface area contributed by atoms with E-state index >= 15 is 0 Å². The van der Waals surface area contributed by atoms with Gasteiger partial charge in [-0.05, 0) is 88.3 Å². The van der Waals surface area contributed by atoms with Crippen LogP contribution in [0.5, 0.6) is 0 Å². The first-order chi connectivity index (χ1) is 13.5. The van der Waals surface area contributed by atoms with Gasteiger partial charge in [0.2, 0.25) is 15.9 Å². The Hall–Kier alpha value is -1.40. The van der Waals surface area contributed by atoms with Crippen LogP contribution >= 0.6 is 0 Å². The maximum Gasteiger partial charge on any atom is 0.224 e. The number of hydrogen-bond acceptors (Lipinski definition) is 3. The number of anilines is 1. The molecule has 0 bridgehead atoms. The van der Waals surface area contributed by atoms with E-state index in [-0.39, 0.29) is 5.91 Å². The lowest BCUT2D eigenvalue weighted by Crippen LogP contribution is -2.39. The predicted octanol–water partition coefficient (Wildman–Crippen LogP) is 5.05. The second-order valence-corrected chi connectivity index (χ2v) is 12.3. The Morgan fingerprint density at radius 1 is 1.00 bits per heavy atom. The number of carbonyl (C=O) groups is 1. The molecule has 0 aromatic heterocycles. The SMILES string of the molecule is CC1CC(C)CC(c2ccc(NC(=O)CCCCNS(=O)(=O)C(C)(C)C)cc2)C1. The molecule has 2 N–H and O–H groups in total. The first-order valence-corrected chi connectivity index (χ1v) is 12.4. The summed E-state index contributed by atoms with van der Waals surface area (Å²) < 4.78 is 25.7. The van der Waals surface area contributed by atoms with Crippen LogP contribution in [0, 0.1) is 11.8 Å². The molecule has 2 atom stereocenters. The molecule has 0 radical (unpaired) electrons. The van der Waals surface area contributed by atoms with Crippen molar-refractivity contribution in [2.45, 2.75) is 83.8 Å². The van der Waals surface area contributed by atoms with Crippen molar-refractivity contribution in [1.82, 2.24) is 4.72 Å². The van der Waals surface area contributed by atoms with Crippen molar-refractivity contribution in [3.63, 3.8) is 0 Å². The summed E-state index contributed by atoms with van der Waals surface area (Å²) in [5.41, 5.74) is 2.19. The lowest BCUT2D eigenvalue weighted by atomic mass is 9.74. The third-order valence-corrected chi connectivity index (χ3v) is 7.97. The first kappa shape index (κ1) is 23.9. The number of sulfonamides is 1. The van der Waals surface area contributed by atoms with E-state index in [4.69, 9.17) is 0 Å². The molecule has 2 unspecified atom stereocenters. The zero-order valence-electron chi connectivity index (χ0n) is 18.6. The van der Waals surface area contributed by atoms with Gasteiger partial charge in [-0.25, -0.2) is 13.1 Å². The van der Waals surface area contributed by atoms with Crippen LogP contribution in [0.3, 0.4) is 0 Å². The van der Waals surface area contributed by atoms with Crippen molar-refractivity contribution >= 4 is 21.6 Å². The van der Waals surface area contributed by atoms with Crippen LogP contribution in [0.4, 0.5) is 5.69 Å². The van der Waals surface area contributed by atoms with E-state index in [9.17, 15) is 13.2 Å². The lowest BCUT2D eigenvalue weighted by molar-refractivity contribution is -0.116. The summed E-state index contributed by atoms with van der Waals surface area (Å²) in [6.45, 7) is 10.0. The number of benzene rings is 1. The van der Waals surface area contributed by atoms with Crippen molar-refractivity contribution in [3.05, 3.63) is 29.8 Å². The highest BCUT2D eigenvalue weighted by molar-refractivity contribution is 7.90. The van der Waals surface area contributed by atoms with Gasteiger partial charge in [0.05, 0.1) is 4.75 Å². The summed E-state index contributed by atoms with van der Waals surface area (Å²) in [4.78, 5) is 12.2. The molecule has 1 aromatic carbocycles. The standard InChI is InChI=1S/C23H38N2O3S/c1-17-14-18(2)16-20(15-17)19-9-11-21(12-10-19)25-22(26)8-6-7-13-24-29(27,28)23(3,4)5/h9-12,17-18,20,24H,6-8,13-16H2,1-5H3,(H,25,26). The average Bonchev–Trinajstić information content (AvgIpc) is 2.60. The van der Waals surface area contributed by atoms with Gasteiger partial charge in [-0.1, -0.05) is 26.0 Å². The molecule has 1 saturated carbocycles. The second kappa shape index (κ2) is 10.1. The second-order valence-electron chi connectivity index (χ2n) is 9.75. The molecule has 1 fully saturated rings. The maximum atomic E-state index is 12.2. The molecule has 164 valence electrons. The van der Waals surface area contributed by atoms with E-state index in [0.29, 0.717) is 31.7 Å². The van der Waals surface area contributed by atoms with Gasteiger partial charge in [0.1, 0.15) is 0 Å². The minimum atomic E-state index is -3.32. The quantitative estimate of drug-likeness (QED) is 0.575. The predicted molar refractivity (Wildman–Crippen MR) is 121 cm³/mol. The number of nitrogens with one attached hydrogen (secondary N) is 2. The molecular formula is C23H38N2O3S. The highest BCUT2D eigenvalue weighted by atomic mass is 32.2. The number of carbonyl (C=O) groups excluding carboxylic acids is 1. The van der Waals surface area contributed by atoms with Crippen LogP contribution in [0.1, 0.15) is 84.6 Å². The van der Waals surface area contributed by atoms with Crippen molar-refractivity contribution in [1.29, 1.82) is 0 Å². The minimum Gasteiger partial charge on any atom is -0.326 e. The van der Waals surface area contributed by atoms with Crippen LogP contribution in [-0.2, 0) is 14.8 Å². The Morgan fingerprint density at radius 2 is 1.59 bits per heavy atom.